The molecule has 1 saturated carbocycles. The van der Waals surface area contributed by atoms with E-state index in [-0.39, 0.29) is 18.8 Å². The lowest BCUT2D eigenvalue weighted by Gasteiger charge is -2.33. The van der Waals surface area contributed by atoms with Crippen molar-refractivity contribution in [2.45, 2.75) is 57.3 Å². The third-order valence-electron chi connectivity index (χ3n) is 3.25. The maximum atomic E-state index is 11.9. The molecule has 2 N–H and O–H groups in total. The minimum absolute atomic E-state index is 0.101. The molecule has 0 radical (unpaired) electrons. The fourth-order valence-corrected chi connectivity index (χ4v) is 2.12. The summed E-state index contributed by atoms with van der Waals surface area (Å²) in [6, 6.07) is -0.101. The van der Waals surface area contributed by atoms with Crippen LogP contribution in [0.25, 0.3) is 0 Å². The Balaban J connectivity index is 2.28. The molecule has 0 saturated heterocycles. The first-order valence-corrected chi connectivity index (χ1v) is 5.86. The minimum atomic E-state index is -4.14. The van der Waals surface area contributed by atoms with Gasteiger partial charge in [0.2, 0.25) is 0 Å². The van der Waals surface area contributed by atoms with Gasteiger partial charge in [-0.05, 0) is 25.2 Å². The summed E-state index contributed by atoms with van der Waals surface area (Å²) >= 11 is 0. The van der Waals surface area contributed by atoms with Gasteiger partial charge >= 0.3 is 6.18 Å². The highest BCUT2D eigenvalue weighted by Gasteiger charge is 2.31. The zero-order valence-electron chi connectivity index (χ0n) is 9.59. The molecule has 16 heavy (non-hydrogen) atoms. The number of halogens is 3. The monoisotopic (exact) mass is 239 g/mol. The quantitative estimate of drug-likeness (QED) is 0.818. The van der Waals surface area contributed by atoms with Gasteiger partial charge in [-0.25, -0.2) is 0 Å². The van der Waals surface area contributed by atoms with Crippen LogP contribution in [0.2, 0.25) is 0 Å². The molecule has 3 atom stereocenters. The van der Waals surface area contributed by atoms with Gasteiger partial charge in [-0.2, -0.15) is 13.2 Å². The Morgan fingerprint density at radius 2 is 2.00 bits per heavy atom. The summed E-state index contributed by atoms with van der Waals surface area (Å²) in [5.74, 6) is 0.552. The lowest BCUT2D eigenvalue weighted by molar-refractivity contribution is -0.151. The van der Waals surface area contributed by atoms with Crippen molar-refractivity contribution in [2.75, 3.05) is 6.61 Å². The first-order chi connectivity index (χ1) is 7.42. The number of rotatable bonds is 4. The molecule has 1 fully saturated rings. The zero-order valence-corrected chi connectivity index (χ0v) is 9.59. The van der Waals surface area contributed by atoms with Crippen LogP contribution in [0.1, 0.15) is 39.0 Å². The van der Waals surface area contributed by atoms with Gasteiger partial charge < -0.3 is 10.5 Å². The van der Waals surface area contributed by atoms with E-state index in [0.29, 0.717) is 5.92 Å². The molecule has 2 nitrogen and oxygen atoms in total. The number of hydrogen-bond acceptors (Lipinski definition) is 2. The van der Waals surface area contributed by atoms with Crippen molar-refractivity contribution in [2.24, 2.45) is 11.7 Å². The van der Waals surface area contributed by atoms with E-state index in [9.17, 15) is 13.2 Å². The minimum Gasteiger partial charge on any atom is -0.376 e. The molecule has 0 aliphatic heterocycles. The first kappa shape index (κ1) is 13.8. The summed E-state index contributed by atoms with van der Waals surface area (Å²) in [4.78, 5) is 0. The van der Waals surface area contributed by atoms with Gasteiger partial charge in [-0.15, -0.1) is 0 Å². The second kappa shape index (κ2) is 5.87. The van der Waals surface area contributed by atoms with Crippen molar-refractivity contribution in [1.82, 2.24) is 0 Å². The van der Waals surface area contributed by atoms with Gasteiger partial charge in [0.05, 0.1) is 19.1 Å². The Bertz CT molecular complexity index is 208. The zero-order chi connectivity index (χ0) is 12.2. The summed E-state index contributed by atoms with van der Waals surface area (Å²) in [6.45, 7) is 1.83. The summed E-state index contributed by atoms with van der Waals surface area (Å²) in [5.41, 5.74) is 5.84. The molecule has 0 spiro atoms. The van der Waals surface area contributed by atoms with Gasteiger partial charge in [0.15, 0.2) is 0 Å². The molecular formula is C11H20F3NO. The van der Waals surface area contributed by atoms with Gasteiger partial charge in [-0.1, -0.05) is 13.3 Å². The molecule has 0 aromatic rings. The largest absolute Gasteiger partial charge is 0.391 e. The van der Waals surface area contributed by atoms with Crippen LogP contribution in [-0.2, 0) is 4.74 Å². The molecule has 0 amide bonds. The molecule has 96 valence electrons. The topological polar surface area (TPSA) is 35.2 Å². The van der Waals surface area contributed by atoms with Gasteiger partial charge in [0.25, 0.3) is 0 Å². The van der Waals surface area contributed by atoms with E-state index in [1.807, 2.05) is 0 Å². The molecule has 1 aliphatic rings. The summed E-state index contributed by atoms with van der Waals surface area (Å²) < 4.78 is 41.1. The third-order valence-corrected chi connectivity index (χ3v) is 3.25. The van der Waals surface area contributed by atoms with Crippen molar-refractivity contribution in [3.05, 3.63) is 0 Å². The molecule has 0 aromatic heterocycles. The highest BCUT2D eigenvalue weighted by Crippen LogP contribution is 2.28. The van der Waals surface area contributed by atoms with Crippen LogP contribution in [0.3, 0.4) is 0 Å². The van der Waals surface area contributed by atoms with E-state index < -0.39 is 12.6 Å². The Morgan fingerprint density at radius 3 is 2.56 bits per heavy atom. The SMILES string of the molecule is CCC1CCC(N)C(OCCC(F)(F)F)C1. The van der Waals surface area contributed by atoms with Crippen LogP contribution < -0.4 is 5.73 Å². The second-order valence-corrected chi connectivity index (χ2v) is 4.53. The number of alkyl halides is 3. The van der Waals surface area contributed by atoms with Gasteiger partial charge in [-0.3, -0.25) is 0 Å². The molecule has 0 heterocycles. The second-order valence-electron chi connectivity index (χ2n) is 4.53. The van der Waals surface area contributed by atoms with Crippen LogP contribution >= 0.6 is 0 Å². The van der Waals surface area contributed by atoms with Crippen LogP contribution in [0.4, 0.5) is 13.2 Å². The molecule has 0 bridgehead atoms. The Morgan fingerprint density at radius 1 is 1.31 bits per heavy atom. The summed E-state index contributed by atoms with van der Waals surface area (Å²) in [6.07, 6.45) is -1.44. The Labute approximate surface area is 94.3 Å². The van der Waals surface area contributed by atoms with E-state index in [2.05, 4.69) is 6.92 Å². The predicted octanol–water partition coefficient (Wildman–Crippen LogP) is 2.86. The van der Waals surface area contributed by atoms with E-state index in [0.717, 1.165) is 25.7 Å². The average molecular weight is 239 g/mol. The van der Waals surface area contributed by atoms with Crippen molar-refractivity contribution in [3.8, 4) is 0 Å². The maximum absolute atomic E-state index is 11.9. The maximum Gasteiger partial charge on any atom is 0.391 e. The van der Waals surface area contributed by atoms with Crippen molar-refractivity contribution in [3.63, 3.8) is 0 Å². The molecule has 3 unspecified atom stereocenters. The number of nitrogens with two attached hydrogens (primary N) is 1. The Kier molecular flexibility index (Phi) is 5.05. The number of ether oxygens (including phenoxy) is 1. The summed E-state index contributed by atoms with van der Waals surface area (Å²) in [5, 5.41) is 0. The molecule has 0 aromatic carbocycles. The van der Waals surface area contributed by atoms with Crippen molar-refractivity contribution >= 4 is 0 Å². The van der Waals surface area contributed by atoms with Crippen LogP contribution in [0, 0.1) is 5.92 Å². The fourth-order valence-electron chi connectivity index (χ4n) is 2.12. The molecule has 5 heteroatoms. The standard InChI is InChI=1S/C11H20F3NO/c1-2-8-3-4-9(15)10(7-8)16-6-5-11(12,13)14/h8-10H,2-7,15H2,1H3. The van der Waals surface area contributed by atoms with E-state index >= 15 is 0 Å². The summed E-state index contributed by atoms with van der Waals surface area (Å²) in [7, 11) is 0. The average Bonchev–Trinajstić information content (AvgIpc) is 2.19. The highest BCUT2D eigenvalue weighted by atomic mass is 19.4. The lowest BCUT2D eigenvalue weighted by Crippen LogP contribution is -2.42. The Hall–Kier alpha value is -0.290. The third kappa shape index (κ3) is 4.70. The van der Waals surface area contributed by atoms with Crippen molar-refractivity contribution < 1.29 is 17.9 Å². The smallest absolute Gasteiger partial charge is 0.376 e. The van der Waals surface area contributed by atoms with Crippen molar-refractivity contribution in [1.29, 1.82) is 0 Å². The van der Waals surface area contributed by atoms with Crippen LogP contribution in [-0.4, -0.2) is 24.9 Å². The highest BCUT2D eigenvalue weighted by molar-refractivity contribution is 4.83. The van der Waals surface area contributed by atoms with Gasteiger partial charge in [0, 0.05) is 6.04 Å². The normalized spacial score (nSPS) is 31.7. The predicted molar refractivity (Wildman–Crippen MR) is 56.0 cm³/mol. The van der Waals surface area contributed by atoms with Gasteiger partial charge in [0.1, 0.15) is 0 Å². The van der Waals surface area contributed by atoms with E-state index in [1.165, 1.54) is 0 Å². The fraction of sp³-hybridized carbons (Fsp3) is 1.00. The van der Waals surface area contributed by atoms with E-state index in [1.54, 1.807) is 0 Å². The molecular weight excluding hydrogens is 219 g/mol. The van der Waals surface area contributed by atoms with Crippen LogP contribution in [0.15, 0.2) is 0 Å². The van der Waals surface area contributed by atoms with E-state index in [4.69, 9.17) is 10.5 Å². The molecule has 1 aliphatic carbocycles. The lowest BCUT2D eigenvalue weighted by atomic mass is 9.83. The van der Waals surface area contributed by atoms with Crippen LogP contribution in [0.5, 0.6) is 0 Å². The molecule has 1 rings (SSSR count). The number of hydrogen-bond donors (Lipinski definition) is 1. The first-order valence-electron chi connectivity index (χ1n) is 5.86.